The predicted molar refractivity (Wildman–Crippen MR) is 86.6 cm³/mol. The summed E-state index contributed by atoms with van der Waals surface area (Å²) in [6.45, 7) is 0.773. The second kappa shape index (κ2) is 7.09. The van der Waals surface area contributed by atoms with Crippen molar-refractivity contribution in [3.63, 3.8) is 0 Å². The van der Waals surface area contributed by atoms with Gasteiger partial charge in [0.25, 0.3) is 5.91 Å². The van der Waals surface area contributed by atoms with Crippen molar-refractivity contribution in [1.29, 1.82) is 5.26 Å². The lowest BCUT2D eigenvalue weighted by Crippen LogP contribution is -2.37. The zero-order valence-electron chi connectivity index (χ0n) is 13.3. The van der Waals surface area contributed by atoms with Crippen LogP contribution in [0.5, 0.6) is 0 Å². The summed E-state index contributed by atoms with van der Waals surface area (Å²) in [4.78, 5) is 29.8. The topological polar surface area (TPSA) is 86.1 Å². The number of nitriles is 1. The predicted octanol–water partition coefficient (Wildman–Crippen LogP) is 1.62. The van der Waals surface area contributed by atoms with Gasteiger partial charge in [-0.1, -0.05) is 12.1 Å². The maximum Gasteiger partial charge on any atom is 0.253 e. The van der Waals surface area contributed by atoms with Crippen LogP contribution in [0.3, 0.4) is 0 Å². The Labute approximate surface area is 143 Å². The second-order valence-electron chi connectivity index (χ2n) is 5.82. The molecule has 3 rings (SSSR count). The van der Waals surface area contributed by atoms with Gasteiger partial charge in [-0.15, -0.1) is 0 Å². The Morgan fingerprint density at radius 2 is 2.08 bits per heavy atom. The number of likely N-dealkylation sites (tertiary alicyclic amines) is 1. The first-order valence-electron chi connectivity index (χ1n) is 7.74. The number of amides is 2. The zero-order chi connectivity index (χ0) is 17.8. The molecule has 1 saturated heterocycles. The van der Waals surface area contributed by atoms with Gasteiger partial charge in [-0.2, -0.15) is 5.26 Å². The zero-order valence-corrected chi connectivity index (χ0v) is 13.3. The molecule has 1 aliphatic heterocycles. The van der Waals surface area contributed by atoms with Crippen LogP contribution in [-0.4, -0.2) is 34.3 Å². The molecule has 0 spiro atoms. The Hall–Kier alpha value is -3.27. The third-order valence-electron chi connectivity index (χ3n) is 3.98. The van der Waals surface area contributed by atoms with Crippen LogP contribution < -0.4 is 5.32 Å². The average Bonchev–Trinajstić information content (AvgIpc) is 2.96. The summed E-state index contributed by atoms with van der Waals surface area (Å²) in [7, 11) is 0. The molecule has 126 valence electrons. The van der Waals surface area contributed by atoms with Crippen LogP contribution in [-0.2, 0) is 11.3 Å². The molecule has 1 atom stereocenters. The molecule has 0 saturated carbocycles. The molecule has 2 heterocycles. The Kier molecular flexibility index (Phi) is 4.70. The van der Waals surface area contributed by atoms with Gasteiger partial charge >= 0.3 is 0 Å². The Balaban J connectivity index is 1.59. The molecule has 1 aromatic carbocycles. The molecule has 2 amide bonds. The van der Waals surface area contributed by atoms with E-state index in [4.69, 9.17) is 5.26 Å². The smallest absolute Gasteiger partial charge is 0.253 e. The largest absolute Gasteiger partial charge is 0.347 e. The van der Waals surface area contributed by atoms with Crippen LogP contribution in [0.25, 0.3) is 0 Å². The number of rotatable bonds is 4. The van der Waals surface area contributed by atoms with Gasteiger partial charge in [0.1, 0.15) is 17.6 Å². The summed E-state index contributed by atoms with van der Waals surface area (Å²) in [5.41, 5.74) is 1.40. The molecular weight excluding hydrogens is 323 g/mol. The van der Waals surface area contributed by atoms with Crippen molar-refractivity contribution in [2.24, 2.45) is 0 Å². The van der Waals surface area contributed by atoms with Crippen molar-refractivity contribution < 1.29 is 14.0 Å². The lowest BCUT2D eigenvalue weighted by molar-refractivity contribution is -0.128. The normalized spacial score (nSPS) is 16.6. The van der Waals surface area contributed by atoms with Crippen molar-refractivity contribution in [3.05, 3.63) is 65.2 Å². The third-order valence-corrected chi connectivity index (χ3v) is 3.98. The van der Waals surface area contributed by atoms with Gasteiger partial charge in [-0.3, -0.25) is 9.59 Å². The summed E-state index contributed by atoms with van der Waals surface area (Å²) in [6, 6.07) is 10.6. The highest BCUT2D eigenvalue weighted by molar-refractivity contribution is 5.94. The maximum atomic E-state index is 12.9. The summed E-state index contributed by atoms with van der Waals surface area (Å²) in [6.07, 6.45) is 1.55. The van der Waals surface area contributed by atoms with Crippen molar-refractivity contribution in [1.82, 2.24) is 15.2 Å². The number of halogens is 1. The number of carbonyl (C=O) groups excluding carboxylic acids is 2. The fraction of sp³-hybridized carbons (Fsp3) is 0.222. The minimum atomic E-state index is -0.335. The molecule has 1 aromatic heterocycles. The minimum absolute atomic E-state index is 0.0624. The van der Waals surface area contributed by atoms with E-state index in [9.17, 15) is 14.0 Å². The molecular formula is C18H15FN4O2. The molecule has 1 fully saturated rings. The lowest BCUT2D eigenvalue weighted by Gasteiger charge is -2.17. The second-order valence-corrected chi connectivity index (χ2v) is 5.82. The first kappa shape index (κ1) is 16.6. The van der Waals surface area contributed by atoms with E-state index in [1.807, 2.05) is 6.07 Å². The van der Waals surface area contributed by atoms with Crippen LogP contribution in [0.2, 0.25) is 0 Å². The summed E-state index contributed by atoms with van der Waals surface area (Å²) in [5, 5.41) is 11.5. The van der Waals surface area contributed by atoms with E-state index in [0.29, 0.717) is 18.7 Å². The molecule has 7 heteroatoms. The molecule has 0 aliphatic carbocycles. The molecule has 0 unspecified atom stereocenters. The van der Waals surface area contributed by atoms with Gasteiger partial charge in [0.15, 0.2) is 0 Å². The summed E-state index contributed by atoms with van der Waals surface area (Å²) in [5.74, 6) is -0.719. The van der Waals surface area contributed by atoms with E-state index in [1.165, 1.54) is 30.5 Å². The Bertz CT molecular complexity index is 828. The van der Waals surface area contributed by atoms with E-state index in [1.54, 1.807) is 17.0 Å². The number of nitrogens with one attached hydrogen (secondary N) is 1. The van der Waals surface area contributed by atoms with E-state index in [0.717, 1.165) is 5.56 Å². The Morgan fingerprint density at radius 1 is 1.32 bits per heavy atom. The standard InChI is InChI=1S/C18H15FN4O2/c19-14-4-1-12(2-5-14)10-23-11-16(7-17(23)24)22-18(25)13-3-6-15(8-20)21-9-13/h1-6,9,16H,7,10-11H2,(H,22,25)/t16-/m0/s1. The fourth-order valence-corrected chi connectivity index (χ4v) is 2.69. The van der Waals surface area contributed by atoms with Gasteiger partial charge in [0.2, 0.25) is 5.91 Å². The van der Waals surface area contributed by atoms with Crippen molar-refractivity contribution in [2.75, 3.05) is 6.54 Å². The monoisotopic (exact) mass is 338 g/mol. The number of hydrogen-bond donors (Lipinski definition) is 1. The molecule has 0 bridgehead atoms. The van der Waals surface area contributed by atoms with Gasteiger partial charge < -0.3 is 10.2 Å². The quantitative estimate of drug-likeness (QED) is 0.918. The van der Waals surface area contributed by atoms with E-state index in [2.05, 4.69) is 10.3 Å². The first-order valence-corrected chi connectivity index (χ1v) is 7.74. The highest BCUT2D eigenvalue weighted by Gasteiger charge is 2.30. The van der Waals surface area contributed by atoms with Crippen LogP contribution >= 0.6 is 0 Å². The maximum absolute atomic E-state index is 12.9. The average molecular weight is 338 g/mol. The van der Waals surface area contributed by atoms with E-state index >= 15 is 0 Å². The van der Waals surface area contributed by atoms with Crippen LogP contribution in [0.15, 0.2) is 42.6 Å². The molecule has 6 nitrogen and oxygen atoms in total. The molecule has 1 N–H and O–H groups in total. The van der Waals surface area contributed by atoms with Gasteiger partial charge in [-0.05, 0) is 29.8 Å². The third kappa shape index (κ3) is 3.98. The van der Waals surface area contributed by atoms with Crippen molar-refractivity contribution in [3.8, 4) is 6.07 Å². The number of benzene rings is 1. The van der Waals surface area contributed by atoms with Crippen molar-refractivity contribution >= 4 is 11.8 Å². The fourth-order valence-electron chi connectivity index (χ4n) is 2.69. The Morgan fingerprint density at radius 3 is 2.72 bits per heavy atom. The molecule has 25 heavy (non-hydrogen) atoms. The number of aromatic nitrogens is 1. The van der Waals surface area contributed by atoms with E-state index < -0.39 is 0 Å². The lowest BCUT2D eigenvalue weighted by atomic mass is 10.2. The number of pyridine rings is 1. The van der Waals surface area contributed by atoms with Gasteiger partial charge in [-0.25, -0.2) is 9.37 Å². The number of hydrogen-bond acceptors (Lipinski definition) is 4. The summed E-state index contributed by atoms with van der Waals surface area (Å²) < 4.78 is 12.9. The van der Waals surface area contributed by atoms with Crippen LogP contribution in [0.1, 0.15) is 28.0 Å². The van der Waals surface area contributed by atoms with Crippen molar-refractivity contribution in [2.45, 2.75) is 19.0 Å². The molecule has 1 aliphatic rings. The SMILES string of the molecule is N#Cc1ccc(C(=O)N[C@H]2CC(=O)N(Cc3ccc(F)cc3)C2)cn1. The first-order chi connectivity index (χ1) is 12.0. The summed E-state index contributed by atoms with van der Waals surface area (Å²) >= 11 is 0. The minimum Gasteiger partial charge on any atom is -0.347 e. The van der Waals surface area contributed by atoms with Gasteiger partial charge in [0.05, 0.1) is 11.6 Å². The molecule has 2 aromatic rings. The number of nitrogens with zero attached hydrogens (tertiary/aromatic N) is 3. The van der Waals surface area contributed by atoms with Crippen LogP contribution in [0, 0.1) is 17.1 Å². The van der Waals surface area contributed by atoms with E-state index in [-0.39, 0.29) is 35.8 Å². The van der Waals surface area contributed by atoms with Gasteiger partial charge in [0, 0.05) is 25.7 Å². The highest BCUT2D eigenvalue weighted by Crippen LogP contribution is 2.16. The van der Waals surface area contributed by atoms with Crippen LogP contribution in [0.4, 0.5) is 4.39 Å². The highest BCUT2D eigenvalue weighted by atomic mass is 19.1. The number of carbonyl (C=O) groups is 2. The molecule has 0 radical (unpaired) electrons.